The van der Waals surface area contributed by atoms with Crippen LogP contribution in [0.3, 0.4) is 0 Å². The van der Waals surface area contributed by atoms with Crippen LogP contribution in [0.1, 0.15) is 5.56 Å². The van der Waals surface area contributed by atoms with Crippen LogP contribution in [0, 0.1) is 5.41 Å². The van der Waals surface area contributed by atoms with Crippen LogP contribution in [0.25, 0.3) is 10.9 Å². The minimum atomic E-state index is -0.460. The third-order valence-corrected chi connectivity index (χ3v) is 4.80. The molecule has 30 heavy (non-hydrogen) atoms. The van der Waals surface area contributed by atoms with E-state index in [1.165, 1.54) is 23.9 Å². The number of amidine groups is 1. The van der Waals surface area contributed by atoms with Gasteiger partial charge in [-0.3, -0.25) is 24.1 Å². The molecular weight excluding hydrogens is 406 g/mol. The van der Waals surface area contributed by atoms with Crippen LogP contribution < -0.4 is 21.9 Å². The summed E-state index contributed by atoms with van der Waals surface area (Å²) in [6, 6.07) is 12.0. The molecule has 0 unspecified atom stereocenters. The molecule has 0 radical (unpaired) electrons. The van der Waals surface area contributed by atoms with Gasteiger partial charge in [-0.15, -0.1) is 0 Å². The fourth-order valence-corrected chi connectivity index (χ4v) is 3.15. The summed E-state index contributed by atoms with van der Waals surface area (Å²) in [5, 5.41) is 14.3. The molecule has 1 heterocycles. The van der Waals surface area contributed by atoms with Gasteiger partial charge >= 0.3 is 5.69 Å². The van der Waals surface area contributed by atoms with Crippen molar-refractivity contribution in [1.82, 2.24) is 14.5 Å². The van der Waals surface area contributed by atoms with Gasteiger partial charge in [-0.1, -0.05) is 23.7 Å². The van der Waals surface area contributed by atoms with E-state index in [0.717, 1.165) is 10.3 Å². The van der Waals surface area contributed by atoms with Crippen LogP contribution in [0.15, 0.2) is 64.3 Å². The van der Waals surface area contributed by atoms with Gasteiger partial charge in [0.1, 0.15) is 5.84 Å². The smallest absolute Gasteiger partial charge is 0.330 e. The lowest BCUT2D eigenvalue weighted by Gasteiger charge is -2.11. The Kier molecular flexibility index (Phi) is 6.17. The van der Waals surface area contributed by atoms with E-state index in [1.807, 2.05) is 0 Å². The molecule has 0 atom stereocenters. The summed E-state index contributed by atoms with van der Waals surface area (Å²) < 4.78 is 2.38. The van der Waals surface area contributed by atoms with Gasteiger partial charge in [0.05, 0.1) is 17.3 Å². The summed E-state index contributed by atoms with van der Waals surface area (Å²) in [5.74, 6) is -0.554. The normalized spacial score (nSPS) is 11.0. The predicted octanol–water partition coefficient (Wildman–Crippen LogP) is 2.15. The standard InChI is InChI=1S/C21H20ClN5O3/c1-26-16-5-3-4-13(19(16)20(29)27(2)21(26)30)12-18(28)25-17(23)10-11-24-15-8-6-14(22)7-9-15/h3-11,24H,12H2,1-2H3,(H2,23,25,28)/b11-10-. The van der Waals surface area contributed by atoms with Crippen LogP contribution in [-0.4, -0.2) is 20.9 Å². The Morgan fingerprint density at radius 2 is 1.80 bits per heavy atom. The molecule has 0 saturated heterocycles. The molecule has 0 bridgehead atoms. The van der Waals surface area contributed by atoms with Gasteiger partial charge in [0.15, 0.2) is 0 Å². The van der Waals surface area contributed by atoms with E-state index < -0.39 is 17.2 Å². The summed E-state index contributed by atoms with van der Waals surface area (Å²) in [6.07, 6.45) is 2.82. The largest absolute Gasteiger partial charge is 0.362 e. The molecule has 0 fully saturated rings. The molecular formula is C21H20ClN5O3. The second-order valence-corrected chi connectivity index (χ2v) is 7.08. The zero-order valence-corrected chi connectivity index (χ0v) is 17.2. The van der Waals surface area contributed by atoms with Crippen molar-refractivity contribution in [2.24, 2.45) is 14.1 Å². The van der Waals surface area contributed by atoms with Gasteiger partial charge in [0, 0.05) is 31.0 Å². The summed E-state index contributed by atoms with van der Waals surface area (Å²) in [6.45, 7) is 0. The Balaban J connectivity index is 1.72. The lowest BCUT2D eigenvalue weighted by molar-refractivity contribution is -0.119. The van der Waals surface area contributed by atoms with Crippen molar-refractivity contribution in [3.63, 3.8) is 0 Å². The number of carbonyl (C=O) groups excluding carboxylic acids is 1. The number of aryl methyl sites for hydroxylation is 1. The molecule has 8 nitrogen and oxygen atoms in total. The van der Waals surface area contributed by atoms with Gasteiger partial charge in [-0.2, -0.15) is 0 Å². The fourth-order valence-electron chi connectivity index (χ4n) is 3.02. The third-order valence-electron chi connectivity index (χ3n) is 4.55. The van der Waals surface area contributed by atoms with Crippen molar-refractivity contribution in [1.29, 1.82) is 5.41 Å². The van der Waals surface area contributed by atoms with Crippen molar-refractivity contribution < 1.29 is 4.79 Å². The maximum absolute atomic E-state index is 12.6. The highest BCUT2D eigenvalue weighted by atomic mass is 35.5. The van der Waals surface area contributed by atoms with E-state index >= 15 is 0 Å². The minimum absolute atomic E-state index is 0.106. The molecule has 0 saturated carbocycles. The number of halogens is 1. The number of aromatic nitrogens is 2. The number of hydrogen-bond donors (Lipinski definition) is 3. The first kappa shape index (κ1) is 21.1. The van der Waals surface area contributed by atoms with Gasteiger partial charge in [-0.25, -0.2) is 4.79 Å². The molecule has 3 rings (SSSR count). The molecule has 0 aliphatic carbocycles. The van der Waals surface area contributed by atoms with E-state index in [-0.39, 0.29) is 12.3 Å². The maximum Gasteiger partial charge on any atom is 0.330 e. The van der Waals surface area contributed by atoms with Crippen LogP contribution in [0.4, 0.5) is 5.69 Å². The van der Waals surface area contributed by atoms with Crippen LogP contribution in [0.2, 0.25) is 5.02 Å². The highest BCUT2D eigenvalue weighted by Crippen LogP contribution is 2.14. The van der Waals surface area contributed by atoms with Crippen molar-refractivity contribution in [3.05, 3.63) is 86.2 Å². The number of nitrogens with one attached hydrogen (secondary N) is 3. The molecule has 1 aromatic heterocycles. The number of amides is 1. The Morgan fingerprint density at radius 1 is 1.10 bits per heavy atom. The summed E-state index contributed by atoms with van der Waals surface area (Å²) >= 11 is 5.83. The Morgan fingerprint density at radius 3 is 2.50 bits per heavy atom. The Hall–Kier alpha value is -3.65. The lowest BCUT2D eigenvalue weighted by Crippen LogP contribution is -2.37. The monoisotopic (exact) mass is 425 g/mol. The number of rotatable bonds is 5. The van der Waals surface area contributed by atoms with Crippen molar-refractivity contribution >= 4 is 39.9 Å². The number of nitrogens with zero attached hydrogens (tertiary/aromatic N) is 2. The first-order valence-electron chi connectivity index (χ1n) is 9.02. The topological polar surface area (TPSA) is 109 Å². The first-order valence-corrected chi connectivity index (χ1v) is 9.40. The molecule has 3 N–H and O–H groups in total. The second-order valence-electron chi connectivity index (χ2n) is 6.64. The van der Waals surface area contributed by atoms with Crippen LogP contribution in [-0.2, 0) is 25.3 Å². The SMILES string of the molecule is Cn1c(=O)c2c(CC(=O)NC(=N)/C=C\Nc3ccc(Cl)cc3)cccc2n(C)c1=O. The number of carbonyl (C=O) groups is 1. The van der Waals surface area contributed by atoms with Crippen LogP contribution in [0.5, 0.6) is 0 Å². The second kappa shape index (κ2) is 8.79. The zero-order valence-electron chi connectivity index (χ0n) is 16.4. The molecule has 1 amide bonds. The quantitative estimate of drug-likeness (QED) is 0.430. The van der Waals surface area contributed by atoms with E-state index in [2.05, 4.69) is 10.6 Å². The number of anilines is 1. The Labute approximate surface area is 176 Å². The average Bonchev–Trinajstić information content (AvgIpc) is 2.72. The zero-order chi connectivity index (χ0) is 21.8. The van der Waals surface area contributed by atoms with E-state index in [9.17, 15) is 14.4 Å². The maximum atomic E-state index is 12.6. The number of fused-ring (bicyclic) bond motifs is 1. The highest BCUT2D eigenvalue weighted by molar-refractivity contribution is 6.30. The molecule has 2 aromatic carbocycles. The van der Waals surface area contributed by atoms with Crippen LogP contribution >= 0.6 is 11.6 Å². The predicted molar refractivity (Wildman–Crippen MR) is 118 cm³/mol. The third kappa shape index (κ3) is 4.49. The first-order chi connectivity index (χ1) is 14.3. The minimum Gasteiger partial charge on any atom is -0.362 e. The molecule has 0 aliphatic heterocycles. The molecule has 154 valence electrons. The molecule has 9 heteroatoms. The number of hydrogen-bond acceptors (Lipinski definition) is 5. The molecule has 3 aromatic rings. The van der Waals surface area contributed by atoms with E-state index in [1.54, 1.807) is 49.5 Å². The highest BCUT2D eigenvalue weighted by Gasteiger charge is 2.14. The van der Waals surface area contributed by atoms with Gasteiger partial charge < -0.3 is 10.6 Å². The summed E-state index contributed by atoms with van der Waals surface area (Å²) in [4.78, 5) is 37.1. The summed E-state index contributed by atoms with van der Waals surface area (Å²) in [7, 11) is 2.97. The van der Waals surface area contributed by atoms with Crippen molar-refractivity contribution in [2.45, 2.75) is 6.42 Å². The fraction of sp³-hybridized carbons (Fsp3) is 0.143. The van der Waals surface area contributed by atoms with Gasteiger partial charge in [0.25, 0.3) is 5.56 Å². The van der Waals surface area contributed by atoms with E-state index in [0.29, 0.717) is 21.5 Å². The van der Waals surface area contributed by atoms with Crippen molar-refractivity contribution in [2.75, 3.05) is 5.32 Å². The van der Waals surface area contributed by atoms with E-state index in [4.69, 9.17) is 17.0 Å². The number of benzene rings is 2. The van der Waals surface area contributed by atoms with Gasteiger partial charge in [0.2, 0.25) is 5.91 Å². The summed E-state index contributed by atoms with van der Waals surface area (Å²) in [5.41, 5.74) is 0.827. The Bertz CT molecular complexity index is 1270. The molecule has 0 aliphatic rings. The van der Waals surface area contributed by atoms with Gasteiger partial charge in [-0.05, 0) is 42.0 Å². The molecule has 0 spiro atoms. The average molecular weight is 426 g/mol. The lowest BCUT2D eigenvalue weighted by atomic mass is 10.1. The van der Waals surface area contributed by atoms with Crippen molar-refractivity contribution in [3.8, 4) is 0 Å².